The van der Waals surface area contributed by atoms with E-state index in [0.29, 0.717) is 11.5 Å². The highest BCUT2D eigenvalue weighted by Gasteiger charge is 2.29. The number of quaternary nitrogens is 1. The molecule has 0 spiro atoms. The van der Waals surface area contributed by atoms with E-state index in [-0.39, 0.29) is 5.91 Å². The number of carbonyl (C=O) groups excluding carboxylic acids is 1. The molecule has 1 fully saturated rings. The maximum atomic E-state index is 12.5. The zero-order chi connectivity index (χ0) is 20.8. The number of rotatable bonds is 6. The summed E-state index contributed by atoms with van der Waals surface area (Å²) in [4.78, 5) is 21.3. The van der Waals surface area contributed by atoms with Crippen molar-refractivity contribution in [1.82, 2.24) is 4.90 Å². The number of aliphatic imine (C=N–C) groups is 1. The number of carbonyl (C=O) groups is 1. The lowest BCUT2D eigenvalue weighted by molar-refractivity contribution is -0.917. The van der Waals surface area contributed by atoms with Crippen molar-refractivity contribution < 1.29 is 14.4 Å². The molecule has 2 aliphatic heterocycles. The lowest BCUT2D eigenvalue weighted by atomic mass is 10.2. The Morgan fingerprint density at radius 2 is 1.83 bits per heavy atom. The molecule has 0 unspecified atom stereocenters. The van der Waals surface area contributed by atoms with Gasteiger partial charge in [0.05, 0.1) is 31.1 Å². The lowest BCUT2D eigenvalue weighted by Crippen LogP contribution is -3.13. The standard InChI is InChI=1S/C24H25N3O2S/c1-2-16-29-21-11-7-6-10-20(21)17-22-23(28)25-24(30-22)27-14-12-26(13-15-27)18-19-8-4-3-5-9-19/h2-11,17H,1,12-16,18H2/p+1/b22-17-. The number of benzene rings is 2. The van der Waals surface area contributed by atoms with Crippen LogP contribution in [0.25, 0.3) is 6.08 Å². The highest BCUT2D eigenvalue weighted by molar-refractivity contribution is 8.18. The molecule has 0 radical (unpaired) electrons. The van der Waals surface area contributed by atoms with Crippen LogP contribution in [0, 0.1) is 0 Å². The van der Waals surface area contributed by atoms with Crippen molar-refractivity contribution in [2.45, 2.75) is 6.54 Å². The van der Waals surface area contributed by atoms with E-state index in [2.05, 4.69) is 46.8 Å². The molecule has 0 aromatic heterocycles. The third-order valence-electron chi connectivity index (χ3n) is 5.21. The molecule has 2 aromatic rings. The summed E-state index contributed by atoms with van der Waals surface area (Å²) in [6, 6.07) is 18.3. The summed E-state index contributed by atoms with van der Waals surface area (Å²) in [5, 5.41) is 0.814. The number of hydrogen-bond donors (Lipinski definition) is 1. The topological polar surface area (TPSA) is 46.3 Å². The van der Waals surface area contributed by atoms with Gasteiger partial charge >= 0.3 is 0 Å². The smallest absolute Gasteiger partial charge is 0.286 e. The van der Waals surface area contributed by atoms with Crippen LogP contribution in [0.2, 0.25) is 0 Å². The van der Waals surface area contributed by atoms with E-state index in [1.165, 1.54) is 17.3 Å². The van der Waals surface area contributed by atoms with Crippen molar-refractivity contribution in [1.29, 1.82) is 0 Å². The van der Waals surface area contributed by atoms with E-state index in [0.717, 1.165) is 49.2 Å². The molecular formula is C24H26N3O2S+. The first-order chi connectivity index (χ1) is 14.7. The predicted octanol–water partition coefficient (Wildman–Crippen LogP) is 2.62. The van der Waals surface area contributed by atoms with Crippen LogP contribution in [0.5, 0.6) is 5.75 Å². The molecule has 1 N–H and O–H groups in total. The van der Waals surface area contributed by atoms with E-state index in [9.17, 15) is 4.79 Å². The minimum Gasteiger partial charge on any atom is -0.489 e. The van der Waals surface area contributed by atoms with Crippen molar-refractivity contribution in [3.05, 3.63) is 83.3 Å². The van der Waals surface area contributed by atoms with Crippen molar-refractivity contribution in [2.24, 2.45) is 4.99 Å². The summed E-state index contributed by atoms with van der Waals surface area (Å²) < 4.78 is 5.70. The van der Waals surface area contributed by atoms with Crippen molar-refractivity contribution in [3.8, 4) is 5.75 Å². The number of thioether (sulfide) groups is 1. The Bertz CT molecular complexity index is 963. The highest BCUT2D eigenvalue weighted by Crippen LogP contribution is 2.32. The molecule has 4 rings (SSSR count). The Balaban J connectivity index is 1.37. The van der Waals surface area contributed by atoms with E-state index >= 15 is 0 Å². The number of amidine groups is 1. The first-order valence-electron chi connectivity index (χ1n) is 10.2. The van der Waals surface area contributed by atoms with Crippen LogP contribution in [0.3, 0.4) is 0 Å². The molecule has 0 aliphatic carbocycles. The van der Waals surface area contributed by atoms with Gasteiger partial charge in [-0.15, -0.1) is 0 Å². The van der Waals surface area contributed by atoms with E-state index in [1.54, 1.807) is 11.0 Å². The first-order valence-corrected chi connectivity index (χ1v) is 11.0. The second-order valence-corrected chi connectivity index (χ2v) is 8.36. The van der Waals surface area contributed by atoms with Crippen LogP contribution in [-0.4, -0.2) is 48.8 Å². The first kappa shape index (κ1) is 20.4. The maximum absolute atomic E-state index is 12.5. The van der Waals surface area contributed by atoms with Gasteiger partial charge < -0.3 is 14.5 Å². The van der Waals surface area contributed by atoms with Crippen LogP contribution in [-0.2, 0) is 11.3 Å². The molecule has 5 nitrogen and oxygen atoms in total. The number of nitrogens with one attached hydrogen (secondary N) is 1. The average molecular weight is 421 g/mol. The third kappa shape index (κ3) is 5.01. The third-order valence-corrected chi connectivity index (χ3v) is 6.25. The van der Waals surface area contributed by atoms with Crippen molar-refractivity contribution in [2.75, 3.05) is 32.8 Å². The zero-order valence-electron chi connectivity index (χ0n) is 16.9. The van der Waals surface area contributed by atoms with Gasteiger partial charge in [-0.2, -0.15) is 4.99 Å². The van der Waals surface area contributed by atoms with Gasteiger partial charge in [-0.3, -0.25) is 4.79 Å². The Morgan fingerprint density at radius 3 is 2.60 bits per heavy atom. The van der Waals surface area contributed by atoms with Crippen molar-refractivity contribution in [3.63, 3.8) is 0 Å². The fourth-order valence-electron chi connectivity index (χ4n) is 3.63. The molecule has 0 saturated carbocycles. The molecule has 2 heterocycles. The zero-order valence-corrected chi connectivity index (χ0v) is 17.7. The summed E-state index contributed by atoms with van der Waals surface area (Å²) in [5.41, 5.74) is 2.25. The number of amides is 1. The van der Waals surface area contributed by atoms with Crippen LogP contribution >= 0.6 is 11.8 Å². The van der Waals surface area contributed by atoms with Gasteiger partial charge in [0.1, 0.15) is 18.9 Å². The second kappa shape index (κ2) is 9.78. The summed E-state index contributed by atoms with van der Waals surface area (Å²) >= 11 is 1.46. The van der Waals surface area contributed by atoms with Gasteiger partial charge in [0.2, 0.25) is 0 Å². The number of para-hydroxylation sites is 1. The fourth-order valence-corrected chi connectivity index (χ4v) is 4.59. The minimum atomic E-state index is -0.174. The molecule has 1 saturated heterocycles. The fraction of sp³-hybridized carbons (Fsp3) is 0.250. The average Bonchev–Trinajstić information content (AvgIpc) is 3.14. The highest BCUT2D eigenvalue weighted by atomic mass is 32.2. The summed E-state index contributed by atoms with van der Waals surface area (Å²) in [6.45, 7) is 9.06. The molecular weight excluding hydrogens is 394 g/mol. The molecule has 2 aliphatic rings. The Morgan fingerprint density at radius 1 is 1.10 bits per heavy atom. The van der Waals surface area contributed by atoms with Gasteiger partial charge in [-0.1, -0.05) is 61.2 Å². The van der Waals surface area contributed by atoms with Gasteiger partial charge in [-0.25, -0.2) is 0 Å². The summed E-state index contributed by atoms with van der Waals surface area (Å²) in [7, 11) is 0. The molecule has 30 heavy (non-hydrogen) atoms. The van der Waals surface area contributed by atoms with Gasteiger partial charge in [0.25, 0.3) is 5.91 Å². The lowest BCUT2D eigenvalue weighted by Gasteiger charge is -2.32. The quantitative estimate of drug-likeness (QED) is 0.577. The number of piperazine rings is 1. The largest absolute Gasteiger partial charge is 0.489 e. The SMILES string of the molecule is C=CCOc1ccccc1/C=C1\SC(N2CC[NH+](Cc3ccccc3)CC2)=NC1=O. The number of hydrogen-bond acceptors (Lipinski definition) is 4. The predicted molar refractivity (Wildman–Crippen MR) is 123 cm³/mol. The number of ether oxygens (including phenoxy) is 1. The molecule has 154 valence electrons. The maximum Gasteiger partial charge on any atom is 0.286 e. The van der Waals surface area contributed by atoms with Gasteiger partial charge in [0.15, 0.2) is 5.17 Å². The Kier molecular flexibility index (Phi) is 6.67. The normalized spacial score (nSPS) is 18.5. The minimum absolute atomic E-state index is 0.174. The molecule has 6 heteroatoms. The van der Waals surface area contributed by atoms with Crippen LogP contribution in [0.15, 0.2) is 77.1 Å². The van der Waals surface area contributed by atoms with Crippen LogP contribution < -0.4 is 9.64 Å². The monoisotopic (exact) mass is 420 g/mol. The van der Waals surface area contributed by atoms with E-state index in [1.807, 2.05) is 30.3 Å². The Labute approximate surface area is 181 Å². The van der Waals surface area contributed by atoms with Gasteiger partial charge in [0, 0.05) is 11.1 Å². The molecule has 0 atom stereocenters. The molecule has 0 bridgehead atoms. The molecule has 1 amide bonds. The summed E-state index contributed by atoms with van der Waals surface area (Å²) in [5.74, 6) is 0.567. The molecule has 2 aromatic carbocycles. The van der Waals surface area contributed by atoms with Crippen molar-refractivity contribution >= 4 is 28.9 Å². The van der Waals surface area contributed by atoms with Gasteiger partial charge in [-0.05, 0) is 23.9 Å². The van der Waals surface area contributed by atoms with E-state index < -0.39 is 0 Å². The number of nitrogens with zero attached hydrogens (tertiary/aromatic N) is 2. The van der Waals surface area contributed by atoms with Crippen LogP contribution in [0.4, 0.5) is 0 Å². The summed E-state index contributed by atoms with van der Waals surface area (Å²) in [6.07, 6.45) is 3.58. The Hall–Kier alpha value is -2.83. The van der Waals surface area contributed by atoms with E-state index in [4.69, 9.17) is 4.74 Å². The van der Waals surface area contributed by atoms with Crippen LogP contribution in [0.1, 0.15) is 11.1 Å². The second-order valence-electron chi connectivity index (χ2n) is 7.35.